The number of hydrogen-bond donors (Lipinski definition) is 0. The predicted molar refractivity (Wildman–Crippen MR) is 107 cm³/mol. The molecule has 1 fully saturated rings. The van der Waals surface area contributed by atoms with E-state index in [1.807, 2.05) is 34.9 Å². The van der Waals surface area contributed by atoms with Gasteiger partial charge in [-0.05, 0) is 46.5 Å². The van der Waals surface area contributed by atoms with Gasteiger partial charge < -0.3 is 8.83 Å². The second kappa shape index (κ2) is 7.56. The zero-order valence-electron chi connectivity index (χ0n) is 14.8. The van der Waals surface area contributed by atoms with Crippen LogP contribution in [0.5, 0.6) is 0 Å². The van der Waals surface area contributed by atoms with E-state index in [0.29, 0.717) is 40.4 Å². The molecule has 0 atom stereocenters. The topological polar surface area (TPSA) is 82.8 Å². The van der Waals surface area contributed by atoms with E-state index in [1.165, 1.54) is 11.8 Å². The molecule has 0 unspecified atom stereocenters. The molecule has 3 heterocycles. The molecular weight excluding hydrogens is 442 g/mol. The van der Waals surface area contributed by atoms with E-state index < -0.39 is 0 Å². The molecular formula is C19H16BrN5O2S. The molecule has 0 saturated heterocycles. The van der Waals surface area contributed by atoms with Crippen molar-refractivity contribution in [3.8, 4) is 11.6 Å². The molecule has 9 heteroatoms. The van der Waals surface area contributed by atoms with Crippen LogP contribution in [0, 0.1) is 0 Å². The Morgan fingerprint density at radius 3 is 2.61 bits per heavy atom. The lowest BCUT2D eigenvalue weighted by Crippen LogP contribution is -2.04. The Kier molecular flexibility index (Phi) is 4.77. The highest BCUT2D eigenvalue weighted by molar-refractivity contribution is 9.10. The van der Waals surface area contributed by atoms with E-state index >= 15 is 0 Å². The lowest BCUT2D eigenvalue weighted by molar-refractivity contribution is 0.466. The highest BCUT2D eigenvalue weighted by Crippen LogP contribution is 2.39. The smallest absolute Gasteiger partial charge is 0.226 e. The molecule has 0 amide bonds. The largest absolute Gasteiger partial charge is 0.446 e. The van der Waals surface area contributed by atoms with Crippen molar-refractivity contribution in [3.63, 3.8) is 0 Å². The zero-order chi connectivity index (χ0) is 18.9. The summed E-state index contributed by atoms with van der Waals surface area (Å²) in [6, 6.07) is 13.9. The maximum atomic E-state index is 5.76. The maximum Gasteiger partial charge on any atom is 0.226 e. The van der Waals surface area contributed by atoms with Crippen LogP contribution in [0.4, 0.5) is 0 Å². The van der Waals surface area contributed by atoms with Crippen molar-refractivity contribution in [3.05, 3.63) is 64.5 Å². The van der Waals surface area contributed by atoms with E-state index in [4.69, 9.17) is 8.83 Å². The second-order valence-corrected chi connectivity index (χ2v) is 8.30. The van der Waals surface area contributed by atoms with Crippen LogP contribution in [0.15, 0.2) is 61.1 Å². The SMILES string of the molecule is Brc1ccc(-c2nnc(SCc3nnc(C4CC4)o3)n2Cc2ccccc2)o1. The van der Waals surface area contributed by atoms with E-state index in [1.54, 1.807) is 0 Å². The fourth-order valence-corrected chi connectivity index (χ4v) is 3.95. The van der Waals surface area contributed by atoms with Crippen LogP contribution in [0.1, 0.15) is 36.1 Å². The number of benzene rings is 1. The van der Waals surface area contributed by atoms with E-state index in [-0.39, 0.29) is 0 Å². The Morgan fingerprint density at radius 1 is 1.00 bits per heavy atom. The Labute approximate surface area is 173 Å². The van der Waals surface area contributed by atoms with Crippen molar-refractivity contribution in [1.82, 2.24) is 25.0 Å². The van der Waals surface area contributed by atoms with Crippen molar-refractivity contribution in [2.45, 2.75) is 36.2 Å². The van der Waals surface area contributed by atoms with Crippen molar-refractivity contribution >= 4 is 27.7 Å². The van der Waals surface area contributed by atoms with E-state index in [9.17, 15) is 0 Å². The van der Waals surface area contributed by atoms with Gasteiger partial charge in [-0.2, -0.15) is 0 Å². The highest BCUT2D eigenvalue weighted by atomic mass is 79.9. The molecule has 142 valence electrons. The summed E-state index contributed by atoms with van der Waals surface area (Å²) >= 11 is 4.88. The summed E-state index contributed by atoms with van der Waals surface area (Å²) in [5.74, 6) is 3.72. The van der Waals surface area contributed by atoms with Crippen molar-refractivity contribution in [2.24, 2.45) is 0 Å². The van der Waals surface area contributed by atoms with Gasteiger partial charge in [0.1, 0.15) is 0 Å². The third-order valence-corrected chi connectivity index (χ3v) is 5.81. The molecule has 28 heavy (non-hydrogen) atoms. The van der Waals surface area contributed by atoms with Gasteiger partial charge in [0.2, 0.25) is 17.6 Å². The monoisotopic (exact) mass is 457 g/mol. The predicted octanol–water partition coefficient (Wildman–Crippen LogP) is 4.90. The number of nitrogens with zero attached hydrogens (tertiary/aromatic N) is 5. The molecule has 5 rings (SSSR count). The van der Waals surface area contributed by atoms with Gasteiger partial charge in [-0.15, -0.1) is 20.4 Å². The molecule has 1 aromatic carbocycles. The van der Waals surface area contributed by atoms with Crippen LogP contribution in [-0.4, -0.2) is 25.0 Å². The Hall–Kier alpha value is -2.39. The number of aromatic nitrogens is 5. The Balaban J connectivity index is 1.41. The fourth-order valence-electron chi connectivity index (χ4n) is 2.87. The van der Waals surface area contributed by atoms with Gasteiger partial charge in [0.25, 0.3) is 0 Å². The molecule has 1 aliphatic rings. The van der Waals surface area contributed by atoms with Crippen LogP contribution >= 0.6 is 27.7 Å². The van der Waals surface area contributed by atoms with Crippen LogP contribution in [0.25, 0.3) is 11.6 Å². The van der Waals surface area contributed by atoms with E-state index in [2.05, 4.69) is 48.5 Å². The number of rotatable bonds is 7. The van der Waals surface area contributed by atoms with Crippen LogP contribution in [-0.2, 0) is 12.3 Å². The van der Waals surface area contributed by atoms with Gasteiger partial charge >= 0.3 is 0 Å². The Morgan fingerprint density at radius 2 is 1.86 bits per heavy atom. The molecule has 7 nitrogen and oxygen atoms in total. The van der Waals surface area contributed by atoms with Gasteiger partial charge in [0.05, 0.1) is 12.3 Å². The normalized spacial score (nSPS) is 13.9. The van der Waals surface area contributed by atoms with Gasteiger partial charge in [-0.3, -0.25) is 4.57 Å². The highest BCUT2D eigenvalue weighted by Gasteiger charge is 2.29. The minimum Gasteiger partial charge on any atom is -0.446 e. The molecule has 0 N–H and O–H groups in total. The Bertz CT molecular complexity index is 1090. The van der Waals surface area contributed by atoms with Crippen molar-refractivity contribution < 1.29 is 8.83 Å². The summed E-state index contributed by atoms with van der Waals surface area (Å²) in [6.07, 6.45) is 2.28. The third-order valence-electron chi connectivity index (χ3n) is 4.43. The molecule has 0 radical (unpaired) electrons. The van der Waals surface area contributed by atoms with Gasteiger partial charge in [-0.25, -0.2) is 0 Å². The van der Waals surface area contributed by atoms with Crippen molar-refractivity contribution in [2.75, 3.05) is 0 Å². The summed E-state index contributed by atoms with van der Waals surface area (Å²) in [4.78, 5) is 0. The quantitative estimate of drug-likeness (QED) is 0.364. The average Bonchev–Trinajstić information content (AvgIpc) is 3.10. The summed E-state index contributed by atoms with van der Waals surface area (Å²) in [5.41, 5.74) is 1.16. The lowest BCUT2D eigenvalue weighted by atomic mass is 10.2. The molecule has 0 aliphatic heterocycles. The van der Waals surface area contributed by atoms with Crippen LogP contribution < -0.4 is 0 Å². The van der Waals surface area contributed by atoms with Gasteiger partial charge in [0.15, 0.2) is 15.6 Å². The number of thioether (sulfide) groups is 1. The van der Waals surface area contributed by atoms with Crippen LogP contribution in [0.2, 0.25) is 0 Å². The first-order valence-electron chi connectivity index (χ1n) is 8.94. The zero-order valence-corrected chi connectivity index (χ0v) is 17.2. The van der Waals surface area contributed by atoms with Crippen LogP contribution in [0.3, 0.4) is 0 Å². The first-order chi connectivity index (χ1) is 13.8. The first-order valence-corrected chi connectivity index (χ1v) is 10.7. The van der Waals surface area contributed by atoms with Gasteiger partial charge in [0, 0.05) is 5.92 Å². The summed E-state index contributed by atoms with van der Waals surface area (Å²) < 4.78 is 14.2. The molecule has 1 aliphatic carbocycles. The minimum absolute atomic E-state index is 0.456. The summed E-state index contributed by atoms with van der Waals surface area (Å²) in [7, 11) is 0. The summed E-state index contributed by atoms with van der Waals surface area (Å²) in [6.45, 7) is 0.640. The average molecular weight is 458 g/mol. The summed E-state index contributed by atoms with van der Waals surface area (Å²) in [5, 5.41) is 17.8. The minimum atomic E-state index is 0.456. The first kappa shape index (κ1) is 17.7. The number of halogens is 1. The third kappa shape index (κ3) is 3.77. The molecule has 1 saturated carbocycles. The lowest BCUT2D eigenvalue weighted by Gasteiger charge is -2.08. The van der Waals surface area contributed by atoms with Crippen molar-refractivity contribution in [1.29, 1.82) is 0 Å². The molecule has 0 spiro atoms. The standard InChI is InChI=1S/C19H16BrN5O2S/c20-15-9-8-14(26-15)17-22-24-19(25(17)10-12-4-2-1-3-5-12)28-11-16-21-23-18(27-16)13-6-7-13/h1-5,8-9,13H,6-7,10-11H2. The maximum absolute atomic E-state index is 5.76. The fraction of sp³-hybridized carbons (Fsp3) is 0.263. The molecule has 4 aromatic rings. The second-order valence-electron chi connectivity index (χ2n) is 6.58. The number of furan rings is 1. The van der Waals surface area contributed by atoms with Gasteiger partial charge in [-0.1, -0.05) is 42.1 Å². The molecule has 3 aromatic heterocycles. The molecule has 0 bridgehead atoms. The number of hydrogen-bond acceptors (Lipinski definition) is 7. The van der Waals surface area contributed by atoms with E-state index in [0.717, 1.165) is 29.5 Å².